The van der Waals surface area contributed by atoms with E-state index in [1.54, 1.807) is 18.6 Å². The van der Waals surface area contributed by atoms with Gasteiger partial charge in [0.1, 0.15) is 11.1 Å². The Kier molecular flexibility index (Phi) is 4.07. The average molecular weight is 309 g/mol. The second kappa shape index (κ2) is 6.32. The Morgan fingerprint density at radius 3 is 2.77 bits per heavy atom. The van der Waals surface area contributed by atoms with Crippen molar-refractivity contribution in [3.8, 4) is 17.5 Å². The number of aromatic nitrogens is 6. The molecule has 8 heteroatoms. The molecule has 0 radical (unpaired) electrons. The molecule has 0 aliphatic rings. The molecule has 7 nitrogen and oxygen atoms in total. The van der Waals surface area contributed by atoms with Crippen LogP contribution in [0.2, 0.25) is 0 Å². The maximum atomic E-state index is 8.74. The molecule has 0 saturated heterocycles. The number of pyridine rings is 1. The third-order valence-electron chi connectivity index (χ3n) is 2.89. The van der Waals surface area contributed by atoms with Crippen molar-refractivity contribution in [3.63, 3.8) is 0 Å². The average Bonchev–Trinajstić information content (AvgIpc) is 2.99. The van der Waals surface area contributed by atoms with Gasteiger partial charge >= 0.3 is 0 Å². The summed E-state index contributed by atoms with van der Waals surface area (Å²) in [6.45, 7) is 2.75. The van der Waals surface area contributed by atoms with Crippen LogP contribution in [-0.2, 0) is 6.54 Å². The molecule has 0 spiro atoms. The fraction of sp³-hybridized carbons (Fsp3) is 0.143. The Hall–Kier alpha value is -2.79. The summed E-state index contributed by atoms with van der Waals surface area (Å²) in [7, 11) is 0. The summed E-state index contributed by atoms with van der Waals surface area (Å²) in [5.41, 5.74) is 1.20. The molecule has 0 amide bonds. The number of nitrogens with zero attached hydrogens (tertiary/aromatic N) is 7. The summed E-state index contributed by atoms with van der Waals surface area (Å²) in [5.74, 6) is 0.764. The molecule has 0 aliphatic heterocycles. The molecule has 108 valence electrons. The largest absolute Gasteiger partial charge is 0.302 e. The molecule has 0 atom stereocenters. The van der Waals surface area contributed by atoms with Gasteiger partial charge in [0.2, 0.25) is 0 Å². The zero-order valence-electron chi connectivity index (χ0n) is 11.7. The van der Waals surface area contributed by atoms with Crippen molar-refractivity contribution in [1.29, 1.82) is 5.26 Å². The topological polar surface area (TPSA) is 93.2 Å². The van der Waals surface area contributed by atoms with E-state index in [4.69, 9.17) is 5.26 Å². The lowest BCUT2D eigenvalue weighted by Gasteiger charge is -2.06. The van der Waals surface area contributed by atoms with Crippen molar-refractivity contribution >= 4 is 11.8 Å². The third-order valence-corrected chi connectivity index (χ3v) is 3.80. The molecule has 22 heavy (non-hydrogen) atoms. The highest BCUT2D eigenvalue weighted by Crippen LogP contribution is 2.27. The number of nitriles is 1. The summed E-state index contributed by atoms with van der Waals surface area (Å²) in [5, 5.41) is 18.6. The number of hydrogen-bond acceptors (Lipinski definition) is 7. The smallest absolute Gasteiger partial charge is 0.197 e. The van der Waals surface area contributed by atoms with E-state index in [1.165, 1.54) is 18.0 Å². The summed E-state index contributed by atoms with van der Waals surface area (Å²) in [6, 6.07) is 5.75. The van der Waals surface area contributed by atoms with Crippen LogP contribution in [0.5, 0.6) is 0 Å². The van der Waals surface area contributed by atoms with Crippen molar-refractivity contribution in [3.05, 3.63) is 42.6 Å². The number of rotatable bonds is 4. The van der Waals surface area contributed by atoms with Crippen molar-refractivity contribution < 1.29 is 0 Å². The molecule has 0 aliphatic carbocycles. The highest BCUT2D eigenvalue weighted by molar-refractivity contribution is 7.99. The zero-order chi connectivity index (χ0) is 15.4. The van der Waals surface area contributed by atoms with Gasteiger partial charge < -0.3 is 4.57 Å². The first-order chi connectivity index (χ1) is 10.8. The van der Waals surface area contributed by atoms with E-state index in [1.807, 2.05) is 29.7 Å². The monoisotopic (exact) mass is 309 g/mol. The lowest BCUT2D eigenvalue weighted by atomic mass is 10.3. The first-order valence-electron chi connectivity index (χ1n) is 6.55. The van der Waals surface area contributed by atoms with Crippen LogP contribution < -0.4 is 0 Å². The van der Waals surface area contributed by atoms with Crippen LogP contribution in [0.15, 0.2) is 47.1 Å². The van der Waals surface area contributed by atoms with Gasteiger partial charge in [0.15, 0.2) is 16.7 Å². The summed E-state index contributed by atoms with van der Waals surface area (Å²) in [4.78, 5) is 12.3. The molecule has 3 rings (SSSR count). The van der Waals surface area contributed by atoms with Crippen LogP contribution in [0.1, 0.15) is 12.6 Å². The molecule has 3 aromatic rings. The molecule has 0 unspecified atom stereocenters. The molecule has 0 saturated carbocycles. The van der Waals surface area contributed by atoms with Crippen LogP contribution in [-0.4, -0.2) is 29.7 Å². The Morgan fingerprint density at radius 1 is 1.23 bits per heavy atom. The van der Waals surface area contributed by atoms with Crippen molar-refractivity contribution in [2.45, 2.75) is 23.7 Å². The zero-order valence-corrected chi connectivity index (χ0v) is 12.5. The van der Waals surface area contributed by atoms with Crippen molar-refractivity contribution in [2.75, 3.05) is 0 Å². The van der Waals surface area contributed by atoms with Gasteiger partial charge in [-0.25, -0.2) is 9.97 Å². The quantitative estimate of drug-likeness (QED) is 0.729. The Labute approximate surface area is 131 Å². The van der Waals surface area contributed by atoms with Gasteiger partial charge in [-0.15, -0.1) is 10.2 Å². The molecular formula is C14H11N7S. The highest BCUT2D eigenvalue weighted by atomic mass is 32.2. The predicted molar refractivity (Wildman–Crippen MR) is 79.8 cm³/mol. The second-order valence-electron chi connectivity index (χ2n) is 4.25. The fourth-order valence-corrected chi connectivity index (χ4v) is 2.68. The highest BCUT2D eigenvalue weighted by Gasteiger charge is 2.14. The normalized spacial score (nSPS) is 10.4. The standard InChI is InChI=1S/C14H11N7S/c1-2-21-13(10-4-3-5-16-7-10)19-20-14(21)22-12-9-17-11(6-15)8-18-12/h3-5,7-9H,2H2,1H3. The SMILES string of the molecule is CCn1c(Sc2cnc(C#N)cn2)nnc1-c1cccnc1. The lowest BCUT2D eigenvalue weighted by molar-refractivity contribution is 0.686. The van der Waals surface area contributed by atoms with Gasteiger partial charge in [0, 0.05) is 24.5 Å². The van der Waals surface area contributed by atoms with E-state index >= 15 is 0 Å². The van der Waals surface area contributed by atoms with E-state index in [0.29, 0.717) is 5.03 Å². The lowest BCUT2D eigenvalue weighted by Crippen LogP contribution is -2.00. The van der Waals surface area contributed by atoms with Crippen LogP contribution in [0.25, 0.3) is 11.4 Å². The minimum atomic E-state index is 0.289. The van der Waals surface area contributed by atoms with Gasteiger partial charge in [0.25, 0.3) is 0 Å². The minimum Gasteiger partial charge on any atom is -0.302 e. The molecular weight excluding hydrogens is 298 g/mol. The maximum Gasteiger partial charge on any atom is 0.197 e. The van der Waals surface area contributed by atoms with E-state index < -0.39 is 0 Å². The van der Waals surface area contributed by atoms with Crippen LogP contribution >= 0.6 is 11.8 Å². The molecule has 0 fully saturated rings. The molecule has 0 N–H and O–H groups in total. The molecule has 3 aromatic heterocycles. The Morgan fingerprint density at radius 2 is 2.14 bits per heavy atom. The first-order valence-corrected chi connectivity index (χ1v) is 7.37. The summed E-state index contributed by atoms with van der Waals surface area (Å²) in [6.07, 6.45) is 6.48. The van der Waals surface area contributed by atoms with E-state index in [2.05, 4.69) is 25.1 Å². The van der Waals surface area contributed by atoms with Crippen molar-refractivity contribution in [2.24, 2.45) is 0 Å². The van der Waals surface area contributed by atoms with Gasteiger partial charge in [-0.05, 0) is 30.8 Å². The summed E-state index contributed by atoms with van der Waals surface area (Å²) >= 11 is 1.36. The third kappa shape index (κ3) is 2.80. The predicted octanol–water partition coefficient (Wildman–Crippen LogP) is 2.17. The second-order valence-corrected chi connectivity index (χ2v) is 5.23. The first kappa shape index (κ1) is 14.2. The molecule has 3 heterocycles. The Balaban J connectivity index is 1.91. The van der Waals surface area contributed by atoms with Crippen LogP contribution in [0, 0.1) is 11.3 Å². The van der Waals surface area contributed by atoms with Gasteiger partial charge in [-0.2, -0.15) is 5.26 Å². The Bertz CT molecular complexity index is 805. The van der Waals surface area contributed by atoms with E-state index in [9.17, 15) is 0 Å². The van der Waals surface area contributed by atoms with Gasteiger partial charge in [-0.3, -0.25) is 4.98 Å². The van der Waals surface area contributed by atoms with Crippen molar-refractivity contribution in [1.82, 2.24) is 29.7 Å². The maximum absolute atomic E-state index is 8.74. The summed E-state index contributed by atoms with van der Waals surface area (Å²) < 4.78 is 1.99. The molecule has 0 bridgehead atoms. The number of hydrogen-bond donors (Lipinski definition) is 0. The molecule has 0 aromatic carbocycles. The van der Waals surface area contributed by atoms with Crippen LogP contribution in [0.4, 0.5) is 0 Å². The van der Waals surface area contributed by atoms with Gasteiger partial charge in [-0.1, -0.05) is 0 Å². The van der Waals surface area contributed by atoms with E-state index in [0.717, 1.165) is 23.1 Å². The van der Waals surface area contributed by atoms with Crippen LogP contribution in [0.3, 0.4) is 0 Å². The minimum absolute atomic E-state index is 0.289. The van der Waals surface area contributed by atoms with E-state index in [-0.39, 0.29) is 5.69 Å². The van der Waals surface area contributed by atoms with Gasteiger partial charge in [0.05, 0.1) is 12.4 Å². The fourth-order valence-electron chi connectivity index (χ4n) is 1.88.